The van der Waals surface area contributed by atoms with Crippen molar-refractivity contribution in [2.24, 2.45) is 7.05 Å². The maximum absolute atomic E-state index is 13.8. The molecule has 1 N–H and O–H groups in total. The van der Waals surface area contributed by atoms with Crippen molar-refractivity contribution in [3.8, 4) is 23.3 Å². The molecule has 8 bridgehead atoms. The Morgan fingerprint density at radius 3 is 2.64 bits per heavy atom. The van der Waals surface area contributed by atoms with Crippen molar-refractivity contribution in [3.63, 3.8) is 0 Å². The van der Waals surface area contributed by atoms with Gasteiger partial charge in [0.1, 0.15) is 17.2 Å². The Balaban J connectivity index is 1.38. The number of rotatable bonds is 2. The van der Waals surface area contributed by atoms with Crippen LogP contribution >= 0.6 is 0 Å². The number of hydrogen-bond acceptors (Lipinski definition) is 7. The number of carbonyl (C=O) groups excluding carboxylic acids is 2. The van der Waals surface area contributed by atoms with Crippen LogP contribution in [0.3, 0.4) is 0 Å². The Bertz CT molecular complexity index is 1600. The van der Waals surface area contributed by atoms with Crippen molar-refractivity contribution in [2.75, 3.05) is 26.8 Å². The van der Waals surface area contributed by atoms with E-state index < -0.39 is 0 Å². The molecule has 0 saturated carbocycles. The molecule has 10 nitrogen and oxygen atoms in total. The van der Waals surface area contributed by atoms with E-state index in [-0.39, 0.29) is 29.7 Å². The molecule has 0 saturated heterocycles. The van der Waals surface area contributed by atoms with Crippen molar-refractivity contribution in [3.05, 3.63) is 94.8 Å². The highest BCUT2D eigenvalue weighted by Gasteiger charge is 2.35. The summed E-state index contributed by atoms with van der Waals surface area (Å²) in [5.74, 6) is 1.96. The van der Waals surface area contributed by atoms with Gasteiger partial charge in [0.15, 0.2) is 0 Å². The summed E-state index contributed by atoms with van der Waals surface area (Å²) in [7, 11) is 3.19. The summed E-state index contributed by atoms with van der Waals surface area (Å²) in [6.45, 7) is 1.46. The number of nitrogens with one attached hydrogen (secondary N) is 1. The van der Waals surface area contributed by atoms with Crippen molar-refractivity contribution < 1.29 is 23.8 Å². The SMILES string of the molecule is COc1nc(C(=O)N2CCc3cc4ccc3C2c2cccc(c2)OCCCNC(=O)CCc2ccc(cc2)O4)nn1C. The number of benzene rings is 3. The van der Waals surface area contributed by atoms with E-state index in [0.29, 0.717) is 51.1 Å². The number of carbonyl (C=O) groups is 2. The molecular formula is C32H33N5O5. The quantitative estimate of drug-likeness (QED) is 0.386. The fourth-order valence-corrected chi connectivity index (χ4v) is 5.48. The zero-order chi connectivity index (χ0) is 29.1. The van der Waals surface area contributed by atoms with E-state index in [1.165, 1.54) is 11.8 Å². The zero-order valence-corrected chi connectivity index (χ0v) is 23.7. The molecular weight excluding hydrogens is 534 g/mol. The van der Waals surface area contributed by atoms with Gasteiger partial charge in [0.2, 0.25) is 11.7 Å². The average Bonchev–Trinajstić information content (AvgIpc) is 3.39. The van der Waals surface area contributed by atoms with Gasteiger partial charge >= 0.3 is 6.01 Å². The van der Waals surface area contributed by atoms with Crippen LogP contribution in [0.5, 0.6) is 23.3 Å². The monoisotopic (exact) mass is 567 g/mol. The summed E-state index contributed by atoms with van der Waals surface area (Å²) >= 11 is 0. The van der Waals surface area contributed by atoms with E-state index in [9.17, 15) is 9.59 Å². The number of hydrogen-bond donors (Lipinski definition) is 1. The largest absolute Gasteiger partial charge is 0.494 e. The Labute approximate surface area is 244 Å². The molecule has 5 aliphatic rings. The molecule has 3 aromatic carbocycles. The van der Waals surface area contributed by atoms with Gasteiger partial charge in [-0.05, 0) is 77.9 Å². The van der Waals surface area contributed by atoms with Crippen LogP contribution in [0.2, 0.25) is 0 Å². The highest BCUT2D eigenvalue weighted by molar-refractivity contribution is 5.91. The second-order valence-corrected chi connectivity index (χ2v) is 10.4. The van der Waals surface area contributed by atoms with Crippen molar-refractivity contribution >= 4 is 11.8 Å². The number of ether oxygens (including phenoxy) is 3. The molecule has 1 unspecified atom stereocenters. The Morgan fingerprint density at radius 1 is 1.00 bits per heavy atom. The minimum Gasteiger partial charge on any atom is -0.494 e. The predicted molar refractivity (Wildman–Crippen MR) is 155 cm³/mol. The molecule has 1 atom stereocenters. The Hall–Kier alpha value is -4.86. The van der Waals surface area contributed by atoms with Gasteiger partial charge in [-0.1, -0.05) is 30.3 Å². The van der Waals surface area contributed by atoms with Gasteiger partial charge < -0.3 is 24.4 Å². The van der Waals surface area contributed by atoms with Crippen molar-refractivity contribution in [1.82, 2.24) is 25.0 Å². The summed E-state index contributed by atoms with van der Waals surface area (Å²) in [6, 6.07) is 21.5. The highest BCUT2D eigenvalue weighted by Crippen LogP contribution is 2.39. The molecule has 0 aliphatic carbocycles. The van der Waals surface area contributed by atoms with E-state index in [2.05, 4.69) is 15.4 Å². The summed E-state index contributed by atoms with van der Waals surface area (Å²) in [5.41, 5.74) is 4.09. The first-order valence-electron chi connectivity index (χ1n) is 14.1. The van der Waals surface area contributed by atoms with E-state index >= 15 is 0 Å². The second kappa shape index (κ2) is 11.9. The van der Waals surface area contributed by atoms with Gasteiger partial charge in [-0.15, -0.1) is 5.10 Å². The van der Waals surface area contributed by atoms with Gasteiger partial charge in [-0.3, -0.25) is 9.59 Å². The highest BCUT2D eigenvalue weighted by atomic mass is 16.5. The lowest BCUT2D eigenvalue weighted by Gasteiger charge is -2.37. The maximum atomic E-state index is 13.8. The first-order valence-corrected chi connectivity index (χ1v) is 14.1. The number of aryl methyl sites for hydroxylation is 2. The van der Waals surface area contributed by atoms with Gasteiger partial charge in [-0.2, -0.15) is 4.98 Å². The summed E-state index contributed by atoms with van der Waals surface area (Å²) in [6.07, 6.45) is 2.40. The zero-order valence-electron chi connectivity index (χ0n) is 23.7. The smallest absolute Gasteiger partial charge is 0.314 e. The molecule has 6 heterocycles. The number of amides is 2. The average molecular weight is 568 g/mol. The molecule has 1 aromatic heterocycles. The summed E-state index contributed by atoms with van der Waals surface area (Å²) in [4.78, 5) is 32.3. The van der Waals surface area contributed by atoms with E-state index in [1.54, 1.807) is 11.9 Å². The Morgan fingerprint density at radius 2 is 1.83 bits per heavy atom. The third-order valence-electron chi connectivity index (χ3n) is 7.59. The van der Waals surface area contributed by atoms with E-state index in [1.807, 2.05) is 66.7 Å². The van der Waals surface area contributed by atoms with Gasteiger partial charge in [0, 0.05) is 26.6 Å². The van der Waals surface area contributed by atoms with Gasteiger partial charge in [-0.25, -0.2) is 4.68 Å². The molecule has 42 heavy (non-hydrogen) atoms. The normalized spacial score (nSPS) is 17.0. The van der Waals surface area contributed by atoms with Crippen molar-refractivity contribution in [1.29, 1.82) is 0 Å². The summed E-state index contributed by atoms with van der Waals surface area (Å²) in [5, 5.41) is 7.29. The number of methoxy groups -OCH3 is 1. The molecule has 216 valence electrons. The molecule has 5 aliphatic heterocycles. The molecule has 4 aromatic rings. The van der Waals surface area contributed by atoms with Crippen LogP contribution in [0.15, 0.2) is 66.7 Å². The van der Waals surface area contributed by atoms with Crippen LogP contribution in [-0.2, 0) is 24.7 Å². The lowest BCUT2D eigenvalue weighted by atomic mass is 9.87. The van der Waals surface area contributed by atoms with Crippen LogP contribution in [0.1, 0.15) is 51.8 Å². The minimum absolute atomic E-state index is 0.0154. The number of aromatic nitrogens is 3. The third kappa shape index (κ3) is 5.79. The minimum atomic E-state index is -0.388. The lowest BCUT2D eigenvalue weighted by molar-refractivity contribution is -0.121. The van der Waals surface area contributed by atoms with Gasteiger partial charge in [0.05, 0.1) is 19.8 Å². The van der Waals surface area contributed by atoms with Crippen molar-refractivity contribution in [2.45, 2.75) is 31.7 Å². The Kier molecular flexibility index (Phi) is 7.76. The van der Waals surface area contributed by atoms with E-state index in [4.69, 9.17) is 14.2 Å². The first kappa shape index (κ1) is 27.3. The molecule has 10 heteroatoms. The lowest BCUT2D eigenvalue weighted by Crippen LogP contribution is -2.41. The number of nitrogens with zero attached hydrogens (tertiary/aromatic N) is 4. The van der Waals surface area contributed by atoms with Crippen LogP contribution in [0.4, 0.5) is 0 Å². The topological polar surface area (TPSA) is 108 Å². The molecule has 9 rings (SSSR count). The second-order valence-electron chi connectivity index (χ2n) is 10.4. The fourth-order valence-electron chi connectivity index (χ4n) is 5.48. The predicted octanol–water partition coefficient (Wildman–Crippen LogP) is 4.24. The van der Waals surface area contributed by atoms with Crippen LogP contribution < -0.4 is 19.5 Å². The maximum Gasteiger partial charge on any atom is 0.314 e. The standard InChI is InChI=1S/C32H33N5O5/c1-36-32(40-2)34-30(35-36)31(39)37-17-15-22-19-26-12-13-27(22)29(37)23-5-3-6-25(20-23)41-18-4-16-33-28(38)14-9-21-7-10-24(42-26)11-8-21/h3,5-8,10-13,19-20,29H,4,9,14-18H2,1-2H3,(H,33,38). The molecule has 0 spiro atoms. The van der Waals surface area contributed by atoms with Crippen LogP contribution in [0.25, 0.3) is 0 Å². The molecule has 0 radical (unpaired) electrons. The van der Waals surface area contributed by atoms with Crippen LogP contribution in [-0.4, -0.2) is 58.3 Å². The van der Waals surface area contributed by atoms with E-state index in [0.717, 1.165) is 33.8 Å². The van der Waals surface area contributed by atoms with Gasteiger partial charge in [0.25, 0.3) is 5.91 Å². The molecule has 2 amide bonds. The summed E-state index contributed by atoms with van der Waals surface area (Å²) < 4.78 is 19.0. The third-order valence-corrected chi connectivity index (χ3v) is 7.59. The molecule has 0 fully saturated rings. The fraction of sp³-hybridized carbons (Fsp3) is 0.312. The first-order chi connectivity index (χ1) is 20.5. The van der Waals surface area contributed by atoms with Crippen LogP contribution in [0, 0.1) is 0 Å².